The van der Waals surface area contributed by atoms with E-state index in [4.69, 9.17) is 32.3 Å². The molecule has 0 saturated carbocycles. The number of phosphoric acid groups is 2. The number of ether oxygens (including phenoxy) is 3. The van der Waals surface area contributed by atoms with Crippen LogP contribution in [-0.2, 0) is 55.8 Å². The lowest BCUT2D eigenvalue weighted by atomic mass is 10.0. The monoisotopic (exact) mass is 1700 g/mol. The highest BCUT2D eigenvalue weighted by atomic mass is 31.2. The molecule has 0 bridgehead atoms. The summed E-state index contributed by atoms with van der Waals surface area (Å²) >= 11 is 0. The molecule has 16 nitrogen and oxygen atoms in total. The molecule has 0 rings (SSSR count). The van der Waals surface area contributed by atoms with Crippen LogP contribution in [-0.4, -0.2) is 95.9 Å². The van der Waals surface area contributed by atoms with Crippen molar-refractivity contribution in [3.63, 3.8) is 0 Å². The summed E-state index contributed by atoms with van der Waals surface area (Å²) in [7, 11) is -9.83. The number of aliphatic hydroxyl groups excluding tert-OH is 2. The standard InChI is InChI=1S/C101H172O16P2/c1-4-7-10-13-16-19-22-25-28-31-33-35-37-39-41-43-45-46-47-48-50-52-53-55-57-59-61-64-66-69-72-75-78-81-84-87-99(104)111-90-96(102)91-113-118(107,108)114-92-97(103)93-115-119(109,110)116-95-98(117-101(106)89-86-83-80-77-74-71-68-63-30-27-24-21-18-15-12-9-6-3)94-112-100(105)88-85-82-79-76-73-70-67-65-62-60-58-56-54-51-49-44-42-40-38-36-34-32-29-26-23-20-17-14-11-8-5-2/h7,9-10,12,16-21,25-30,33-36,39-42,68,71,77,80,96-98,102-103H,4-6,8,11,13-15,22-24,31-32,37-38,43-67,69-70,72-76,78-79,81-95H2,1-3H3,(H,107,108)(H,109,110)/b10-7-,12-9-,19-16-,20-17-,21-18-,28-25-,29-26-,30-27-,35-33-,36-34-,41-39-,42-40-,71-68-,80-77-. The number of phosphoric ester groups is 2. The summed E-state index contributed by atoms with van der Waals surface area (Å²) in [5, 5.41) is 20.7. The van der Waals surface area contributed by atoms with Gasteiger partial charge in [0.25, 0.3) is 0 Å². The molecule has 0 fully saturated rings. The Morgan fingerprint density at radius 1 is 0.244 bits per heavy atom. The van der Waals surface area contributed by atoms with Gasteiger partial charge < -0.3 is 34.2 Å². The summed E-state index contributed by atoms with van der Waals surface area (Å²) in [6.07, 6.45) is 120. The Labute approximate surface area is 726 Å². The fourth-order valence-electron chi connectivity index (χ4n) is 12.8. The van der Waals surface area contributed by atoms with E-state index in [1.54, 1.807) is 0 Å². The molecular weight excluding hydrogens is 1530 g/mol. The third-order valence-electron chi connectivity index (χ3n) is 19.9. The van der Waals surface area contributed by atoms with Crippen LogP contribution in [0.4, 0.5) is 0 Å². The van der Waals surface area contributed by atoms with Crippen molar-refractivity contribution in [3.8, 4) is 0 Å². The molecule has 0 heterocycles. The lowest BCUT2D eigenvalue weighted by molar-refractivity contribution is -0.161. The van der Waals surface area contributed by atoms with Crippen LogP contribution >= 0.6 is 15.6 Å². The van der Waals surface area contributed by atoms with Gasteiger partial charge in [-0.1, -0.05) is 396 Å². The van der Waals surface area contributed by atoms with Crippen LogP contribution in [0.5, 0.6) is 0 Å². The van der Waals surface area contributed by atoms with Crippen molar-refractivity contribution in [2.45, 2.75) is 411 Å². The van der Waals surface area contributed by atoms with Crippen molar-refractivity contribution in [1.29, 1.82) is 0 Å². The van der Waals surface area contributed by atoms with Crippen LogP contribution in [0.2, 0.25) is 0 Å². The third kappa shape index (κ3) is 93.5. The van der Waals surface area contributed by atoms with E-state index in [-0.39, 0.29) is 19.3 Å². The van der Waals surface area contributed by atoms with Gasteiger partial charge >= 0.3 is 33.6 Å². The van der Waals surface area contributed by atoms with E-state index in [1.165, 1.54) is 199 Å². The highest BCUT2D eigenvalue weighted by Gasteiger charge is 2.29. The van der Waals surface area contributed by atoms with E-state index in [2.05, 4.69) is 179 Å². The predicted octanol–water partition coefficient (Wildman–Crippen LogP) is 29.4. The summed E-state index contributed by atoms with van der Waals surface area (Å²) in [6.45, 7) is 2.40. The van der Waals surface area contributed by atoms with Gasteiger partial charge in [0.05, 0.1) is 26.4 Å². The second kappa shape index (κ2) is 92.1. The number of aliphatic hydroxyl groups is 2. The highest BCUT2D eigenvalue weighted by molar-refractivity contribution is 7.47. The molecule has 0 aromatic heterocycles. The van der Waals surface area contributed by atoms with Gasteiger partial charge in [-0.15, -0.1) is 0 Å². The number of unbranched alkanes of at least 4 members (excludes halogenated alkanes) is 38. The first-order valence-electron chi connectivity index (χ1n) is 47.4. The van der Waals surface area contributed by atoms with E-state index in [0.717, 1.165) is 128 Å². The number of esters is 3. The zero-order valence-electron chi connectivity index (χ0n) is 75.2. The minimum atomic E-state index is -4.96. The summed E-state index contributed by atoms with van der Waals surface area (Å²) in [5.74, 6) is -1.64. The summed E-state index contributed by atoms with van der Waals surface area (Å²) < 4.78 is 61.4. The minimum Gasteiger partial charge on any atom is -0.463 e. The lowest BCUT2D eigenvalue weighted by Crippen LogP contribution is -2.30. The maximum atomic E-state index is 13.0. The first-order chi connectivity index (χ1) is 58.2. The molecular formula is C101H172O16P2. The van der Waals surface area contributed by atoms with E-state index < -0.39 is 91.5 Å². The van der Waals surface area contributed by atoms with Gasteiger partial charge in [0.1, 0.15) is 25.4 Å². The van der Waals surface area contributed by atoms with Gasteiger partial charge in [-0.05, 0) is 148 Å². The van der Waals surface area contributed by atoms with Gasteiger partial charge in [0.2, 0.25) is 0 Å². The first-order valence-corrected chi connectivity index (χ1v) is 50.4. The van der Waals surface area contributed by atoms with Gasteiger partial charge in [0, 0.05) is 19.3 Å². The normalized spacial score (nSPS) is 14.5. The maximum absolute atomic E-state index is 13.0. The number of carbonyl (C=O) groups is 3. The molecule has 5 atom stereocenters. The Bertz CT molecular complexity index is 2840. The number of rotatable bonds is 89. The van der Waals surface area contributed by atoms with Crippen molar-refractivity contribution in [3.05, 3.63) is 170 Å². The Morgan fingerprint density at radius 2 is 0.454 bits per heavy atom. The van der Waals surface area contributed by atoms with Gasteiger partial charge in [-0.2, -0.15) is 0 Å². The van der Waals surface area contributed by atoms with Crippen molar-refractivity contribution >= 4 is 33.6 Å². The third-order valence-corrected chi connectivity index (χ3v) is 21.8. The Morgan fingerprint density at radius 3 is 0.731 bits per heavy atom. The predicted molar refractivity (Wildman–Crippen MR) is 500 cm³/mol. The summed E-state index contributed by atoms with van der Waals surface area (Å²) in [6, 6.07) is 0. The van der Waals surface area contributed by atoms with Crippen molar-refractivity contribution in [1.82, 2.24) is 0 Å². The van der Waals surface area contributed by atoms with Crippen molar-refractivity contribution in [2.24, 2.45) is 0 Å². The average molecular weight is 1700 g/mol. The van der Waals surface area contributed by atoms with E-state index in [1.807, 2.05) is 12.2 Å². The molecule has 119 heavy (non-hydrogen) atoms. The van der Waals surface area contributed by atoms with Crippen LogP contribution in [0.3, 0.4) is 0 Å². The zero-order valence-corrected chi connectivity index (χ0v) is 77.0. The van der Waals surface area contributed by atoms with Gasteiger partial charge in [-0.3, -0.25) is 32.5 Å². The topological polar surface area (TPSA) is 231 Å². The quantitative estimate of drug-likeness (QED) is 0.0146. The van der Waals surface area contributed by atoms with Gasteiger partial charge in [0.15, 0.2) is 6.10 Å². The van der Waals surface area contributed by atoms with E-state index in [9.17, 15) is 43.5 Å². The van der Waals surface area contributed by atoms with E-state index in [0.29, 0.717) is 25.7 Å². The second-order valence-corrected chi connectivity index (χ2v) is 34.3. The minimum absolute atomic E-state index is 0.0235. The fraction of sp³-hybridized carbons (Fsp3) is 0.693. The summed E-state index contributed by atoms with van der Waals surface area (Å²) in [4.78, 5) is 58.9. The molecule has 0 aliphatic rings. The number of hydrogen-bond acceptors (Lipinski definition) is 14. The van der Waals surface area contributed by atoms with Crippen LogP contribution in [0, 0.1) is 0 Å². The summed E-state index contributed by atoms with van der Waals surface area (Å²) in [5.41, 5.74) is 0. The molecule has 0 aliphatic carbocycles. The van der Waals surface area contributed by atoms with Crippen LogP contribution in [0.15, 0.2) is 170 Å². The molecule has 0 saturated heterocycles. The number of allylic oxidation sites excluding steroid dienone is 28. The Hall–Kier alpha value is -5.09. The van der Waals surface area contributed by atoms with Crippen molar-refractivity contribution in [2.75, 3.05) is 39.6 Å². The maximum Gasteiger partial charge on any atom is 0.472 e. The molecule has 0 amide bonds. The molecule has 0 aromatic rings. The molecule has 4 N–H and O–H groups in total. The molecule has 18 heteroatoms. The fourth-order valence-corrected chi connectivity index (χ4v) is 14.4. The second-order valence-electron chi connectivity index (χ2n) is 31.4. The van der Waals surface area contributed by atoms with Crippen LogP contribution in [0.25, 0.3) is 0 Å². The molecule has 0 spiro atoms. The van der Waals surface area contributed by atoms with Crippen molar-refractivity contribution < 1.29 is 75.8 Å². The lowest BCUT2D eigenvalue weighted by Gasteiger charge is -2.21. The van der Waals surface area contributed by atoms with Crippen LogP contribution in [0.1, 0.15) is 393 Å². The number of carbonyl (C=O) groups excluding carboxylic acids is 3. The van der Waals surface area contributed by atoms with Gasteiger partial charge in [-0.25, -0.2) is 9.13 Å². The smallest absolute Gasteiger partial charge is 0.463 e. The first kappa shape index (κ1) is 114. The number of hydrogen-bond donors (Lipinski definition) is 4. The largest absolute Gasteiger partial charge is 0.472 e. The molecule has 0 radical (unpaired) electrons. The zero-order chi connectivity index (χ0) is 86.5. The molecule has 0 aliphatic heterocycles. The Kier molecular flexibility index (Phi) is 88.2. The molecule has 5 unspecified atom stereocenters. The molecule has 682 valence electrons. The average Bonchev–Trinajstić information content (AvgIpc) is 0.902. The SMILES string of the molecule is CC/C=C\C/C=C\C/C=C\C/C=C\C/C=C\CCCCCCCCCCCCCCCCCCCCCC(=O)OCC(O)COP(=O)(O)OCC(O)COP(=O)(O)OCC(COC(=O)CCCCCCCCCCCCCCCCC/C=C\C/C=C\C/C=C\C/C=C\CCCCC)OC(=O)CCC/C=C\C/C=C\C/C=C\C/C=C\C/C=C\CC. The van der Waals surface area contributed by atoms with E-state index >= 15 is 0 Å². The molecule has 0 aromatic carbocycles. The highest BCUT2D eigenvalue weighted by Crippen LogP contribution is 2.45. The van der Waals surface area contributed by atoms with Crippen LogP contribution < -0.4 is 0 Å². The Balaban J connectivity index is 4.48.